The third-order valence-corrected chi connectivity index (χ3v) is 6.43. The average molecular weight is 576 g/mol. The maximum absolute atomic E-state index is 13.8. The van der Waals surface area contributed by atoms with Crippen LogP contribution in [0.15, 0.2) is 28.5 Å². The molecule has 41 heavy (non-hydrogen) atoms. The number of anilines is 1. The number of hydrazone groups is 1. The van der Waals surface area contributed by atoms with E-state index in [-0.39, 0.29) is 31.0 Å². The van der Waals surface area contributed by atoms with Gasteiger partial charge in [-0.15, -0.1) is 5.11 Å². The second-order valence-corrected chi connectivity index (χ2v) is 9.27. The van der Waals surface area contributed by atoms with Gasteiger partial charge in [-0.2, -0.15) is 5.10 Å². The van der Waals surface area contributed by atoms with Crippen molar-refractivity contribution in [2.75, 3.05) is 11.4 Å². The highest BCUT2D eigenvalue weighted by atomic mass is 16.4. The molecule has 1 aromatic heterocycles. The highest BCUT2D eigenvalue weighted by Gasteiger charge is 2.43. The molecule has 0 bridgehead atoms. The zero-order valence-electron chi connectivity index (χ0n) is 22.5. The van der Waals surface area contributed by atoms with Gasteiger partial charge in [0.1, 0.15) is 23.9 Å². The first-order valence-electron chi connectivity index (χ1n) is 12.7. The number of pyridine rings is 1. The molecule has 0 aliphatic carbocycles. The van der Waals surface area contributed by atoms with Crippen molar-refractivity contribution >= 4 is 47.2 Å². The highest BCUT2D eigenvalue weighted by molar-refractivity contribution is 6.07. The summed E-state index contributed by atoms with van der Waals surface area (Å²) in [6.07, 6.45) is 0.133. The number of fused-ring (bicyclic) bond motifs is 1. The molecular formula is C24H33N9O8. The number of carbonyl (C=O) groups is 6. The first-order valence-corrected chi connectivity index (χ1v) is 12.7. The van der Waals surface area contributed by atoms with E-state index >= 15 is 0 Å². The van der Waals surface area contributed by atoms with Gasteiger partial charge in [0.05, 0.1) is 19.4 Å². The normalized spacial score (nSPS) is 16.5. The van der Waals surface area contributed by atoms with Crippen LogP contribution in [0.1, 0.15) is 45.1 Å². The third-order valence-electron chi connectivity index (χ3n) is 6.43. The Morgan fingerprint density at radius 1 is 1.17 bits per heavy atom. The number of nitrogens with zero attached hydrogens (tertiary/aromatic N) is 4. The van der Waals surface area contributed by atoms with E-state index in [2.05, 4.69) is 31.2 Å². The van der Waals surface area contributed by atoms with Gasteiger partial charge in [0.15, 0.2) is 5.84 Å². The fraction of sp³-hybridized carbons (Fsp3) is 0.500. The van der Waals surface area contributed by atoms with Crippen molar-refractivity contribution in [3.05, 3.63) is 23.9 Å². The summed E-state index contributed by atoms with van der Waals surface area (Å²) in [6, 6.07) is -0.809. The maximum Gasteiger partial charge on any atom is 0.305 e. The summed E-state index contributed by atoms with van der Waals surface area (Å²) in [4.78, 5) is 80.1. The Bertz CT molecular complexity index is 1220. The lowest BCUT2D eigenvalue weighted by molar-refractivity contribution is -0.140. The van der Waals surface area contributed by atoms with Crippen LogP contribution in [0.4, 0.5) is 5.82 Å². The second-order valence-electron chi connectivity index (χ2n) is 9.27. The van der Waals surface area contributed by atoms with E-state index in [1.165, 1.54) is 6.20 Å². The number of hydrogen-bond acceptors (Lipinski definition) is 10. The van der Waals surface area contributed by atoms with Crippen LogP contribution in [0.2, 0.25) is 0 Å². The monoisotopic (exact) mass is 575 g/mol. The summed E-state index contributed by atoms with van der Waals surface area (Å²) in [5, 5.41) is 32.0. The van der Waals surface area contributed by atoms with Gasteiger partial charge in [-0.25, -0.2) is 10.5 Å². The minimum absolute atomic E-state index is 0.0245. The fourth-order valence-corrected chi connectivity index (χ4v) is 4.09. The van der Waals surface area contributed by atoms with Gasteiger partial charge >= 0.3 is 11.9 Å². The Morgan fingerprint density at radius 2 is 1.88 bits per heavy atom. The molecule has 4 amide bonds. The SMILES string of the molecule is CC[C@H](C)[C@H](NC(=O)CCC(=O)O)C(=O)N[C@@H](CC(=O)O)C(=O)N1c2ncccc2C[C@H]1C(=O)NCC(N=N)=NN. The van der Waals surface area contributed by atoms with E-state index in [0.29, 0.717) is 12.0 Å². The molecule has 0 fully saturated rings. The number of rotatable bonds is 14. The molecule has 8 N–H and O–H groups in total. The highest BCUT2D eigenvalue weighted by Crippen LogP contribution is 2.31. The summed E-state index contributed by atoms with van der Waals surface area (Å²) >= 11 is 0. The Morgan fingerprint density at radius 3 is 2.46 bits per heavy atom. The topological polar surface area (TPSA) is 270 Å². The van der Waals surface area contributed by atoms with E-state index in [4.69, 9.17) is 16.5 Å². The number of aromatic nitrogens is 1. The Hall–Kier alpha value is -4.96. The van der Waals surface area contributed by atoms with Gasteiger partial charge in [0.2, 0.25) is 17.7 Å². The van der Waals surface area contributed by atoms with Crippen LogP contribution in [-0.4, -0.2) is 81.3 Å². The van der Waals surface area contributed by atoms with Crippen molar-refractivity contribution < 1.29 is 39.0 Å². The zero-order valence-corrected chi connectivity index (χ0v) is 22.5. The molecule has 1 aliphatic rings. The number of carbonyl (C=O) groups excluding carboxylic acids is 4. The lowest BCUT2D eigenvalue weighted by Crippen LogP contribution is -2.59. The van der Waals surface area contributed by atoms with Crippen molar-refractivity contribution in [1.82, 2.24) is 20.9 Å². The molecule has 2 rings (SSSR count). The van der Waals surface area contributed by atoms with E-state index in [1.807, 2.05) is 0 Å². The predicted molar refractivity (Wildman–Crippen MR) is 141 cm³/mol. The van der Waals surface area contributed by atoms with Crippen LogP contribution in [0.25, 0.3) is 0 Å². The number of carboxylic acid groups (broad SMARTS) is 2. The summed E-state index contributed by atoms with van der Waals surface area (Å²) in [5.74, 6) is -1.24. The quantitative estimate of drug-likeness (QED) is 0.0473. The van der Waals surface area contributed by atoms with Crippen LogP contribution in [-0.2, 0) is 35.2 Å². The smallest absolute Gasteiger partial charge is 0.305 e. The molecular weight excluding hydrogens is 542 g/mol. The molecule has 4 atom stereocenters. The van der Waals surface area contributed by atoms with Crippen LogP contribution in [0.3, 0.4) is 0 Å². The Kier molecular flexibility index (Phi) is 11.8. The zero-order chi connectivity index (χ0) is 30.7. The number of hydrogen-bond donors (Lipinski definition) is 7. The van der Waals surface area contributed by atoms with Gasteiger partial charge < -0.3 is 32.0 Å². The summed E-state index contributed by atoms with van der Waals surface area (Å²) < 4.78 is 0. The van der Waals surface area contributed by atoms with E-state index < -0.39 is 72.5 Å². The summed E-state index contributed by atoms with van der Waals surface area (Å²) in [6.45, 7) is 3.09. The molecule has 1 aromatic rings. The predicted octanol–water partition coefficient (Wildman–Crippen LogP) is -0.886. The third kappa shape index (κ3) is 8.77. The molecule has 0 radical (unpaired) electrons. The summed E-state index contributed by atoms with van der Waals surface area (Å²) in [5.41, 5.74) is 7.53. The molecule has 17 heteroatoms. The number of nitrogens with two attached hydrogens (primary N) is 1. The number of aliphatic carboxylic acids is 2. The number of amides is 4. The van der Waals surface area contributed by atoms with E-state index in [9.17, 15) is 33.9 Å². The van der Waals surface area contributed by atoms with Gasteiger partial charge in [-0.3, -0.25) is 33.7 Å². The molecule has 0 saturated heterocycles. The minimum atomic E-state index is -1.66. The average Bonchev–Trinajstić information content (AvgIpc) is 3.33. The van der Waals surface area contributed by atoms with Gasteiger partial charge in [-0.1, -0.05) is 26.3 Å². The van der Waals surface area contributed by atoms with Gasteiger partial charge in [-0.05, 0) is 17.5 Å². The largest absolute Gasteiger partial charge is 0.481 e. The number of nitrogens with one attached hydrogen (secondary N) is 4. The first kappa shape index (κ1) is 32.3. The minimum Gasteiger partial charge on any atom is -0.481 e. The molecule has 2 heterocycles. The molecule has 222 valence electrons. The van der Waals surface area contributed by atoms with Crippen LogP contribution in [0, 0.1) is 11.4 Å². The van der Waals surface area contributed by atoms with E-state index in [0.717, 1.165) is 4.90 Å². The van der Waals surface area contributed by atoms with Crippen molar-refractivity contribution in [1.29, 1.82) is 5.53 Å². The molecule has 0 aromatic carbocycles. The number of carboxylic acids is 2. The lowest BCUT2D eigenvalue weighted by Gasteiger charge is -2.30. The van der Waals surface area contributed by atoms with Crippen LogP contribution >= 0.6 is 0 Å². The van der Waals surface area contributed by atoms with Crippen molar-refractivity contribution in [2.24, 2.45) is 22.0 Å². The second kappa shape index (κ2) is 15.0. The standard InChI is InChI=1S/C24H33N9O8/c1-3-12(2)20(30-17(34)6-7-18(35)36)23(40)29-14(10-19(37)38)24(41)33-15(9-13-5-4-8-27-21(13)33)22(39)28-11-16(31-25)32-26/h4-5,8,12,14-15,20,25H,3,6-7,9-11,26H2,1-2H3,(H,28,39)(H,29,40)(H,30,34)(H,35,36)(H,37,38)/t12-,14-,15-,20-/m0/s1. The van der Waals surface area contributed by atoms with Crippen molar-refractivity contribution in [3.63, 3.8) is 0 Å². The van der Waals surface area contributed by atoms with Crippen molar-refractivity contribution in [3.8, 4) is 0 Å². The maximum atomic E-state index is 13.8. The molecule has 0 unspecified atom stereocenters. The fourth-order valence-electron chi connectivity index (χ4n) is 4.09. The van der Waals surface area contributed by atoms with Gasteiger partial charge in [0.25, 0.3) is 5.91 Å². The lowest BCUT2D eigenvalue weighted by atomic mass is 9.97. The van der Waals surface area contributed by atoms with Gasteiger partial charge in [0, 0.05) is 19.0 Å². The Labute approximate surface area is 234 Å². The molecule has 1 aliphatic heterocycles. The van der Waals surface area contributed by atoms with Crippen LogP contribution in [0.5, 0.6) is 0 Å². The van der Waals surface area contributed by atoms with Crippen LogP contribution < -0.4 is 26.7 Å². The summed E-state index contributed by atoms with van der Waals surface area (Å²) in [7, 11) is 0. The molecule has 17 nitrogen and oxygen atoms in total. The van der Waals surface area contributed by atoms with E-state index in [1.54, 1.807) is 26.0 Å². The Balaban J connectivity index is 2.35. The van der Waals surface area contributed by atoms with Crippen molar-refractivity contribution in [2.45, 2.75) is 64.1 Å². The number of amidine groups is 1. The molecule has 0 saturated carbocycles. The first-order chi connectivity index (χ1) is 19.4. The molecule has 0 spiro atoms.